The second-order valence-electron chi connectivity index (χ2n) is 10.1. The second kappa shape index (κ2) is 30.5. The number of benzene rings is 2. The van der Waals surface area contributed by atoms with Crippen LogP contribution in [0.2, 0.25) is 0 Å². The zero-order valence-electron chi connectivity index (χ0n) is 28.0. The lowest BCUT2D eigenvalue weighted by atomic mass is 10.2. The van der Waals surface area contributed by atoms with E-state index >= 15 is 0 Å². The van der Waals surface area contributed by atoms with E-state index in [1.165, 1.54) is 0 Å². The molecule has 0 heterocycles. The summed E-state index contributed by atoms with van der Waals surface area (Å²) in [6, 6.07) is 17.0. The molecule has 0 spiro atoms. The zero-order valence-corrected chi connectivity index (χ0v) is 28.0. The topological polar surface area (TPSA) is 121 Å². The van der Waals surface area contributed by atoms with Gasteiger partial charge in [-0.05, 0) is 42.8 Å². The average molecular weight is 666 g/mol. The van der Waals surface area contributed by atoms with E-state index < -0.39 is 0 Å². The Morgan fingerprint density at radius 2 is 0.915 bits per heavy atom. The van der Waals surface area contributed by atoms with E-state index in [9.17, 15) is 4.79 Å². The van der Waals surface area contributed by atoms with Gasteiger partial charge in [-0.3, -0.25) is 0 Å². The van der Waals surface area contributed by atoms with Crippen LogP contribution in [0.1, 0.15) is 30.1 Å². The molecule has 2 aromatic carbocycles. The van der Waals surface area contributed by atoms with E-state index in [2.05, 4.69) is 12.2 Å². The highest BCUT2D eigenvalue weighted by Crippen LogP contribution is 2.11. The highest BCUT2D eigenvalue weighted by molar-refractivity contribution is 5.89. The van der Waals surface area contributed by atoms with E-state index in [0.29, 0.717) is 118 Å². The molecule has 0 amide bonds. The Morgan fingerprint density at radius 1 is 0.511 bits per heavy atom. The molecule has 0 unspecified atom stereocenters. The lowest BCUT2D eigenvalue weighted by Crippen LogP contribution is -2.15. The molecule has 47 heavy (non-hydrogen) atoms. The number of para-hydroxylation sites is 1. The van der Waals surface area contributed by atoms with Gasteiger partial charge in [0, 0.05) is 12.2 Å². The van der Waals surface area contributed by atoms with Crippen molar-refractivity contribution in [1.82, 2.24) is 0 Å². The van der Waals surface area contributed by atoms with Crippen molar-refractivity contribution in [2.45, 2.75) is 19.8 Å². The number of hydrogen-bond acceptors (Lipinski definition) is 12. The number of carbonyl (C=O) groups is 1. The minimum atomic E-state index is -0.360. The Hall–Kier alpha value is -2.81. The van der Waals surface area contributed by atoms with Gasteiger partial charge in [0.25, 0.3) is 0 Å². The van der Waals surface area contributed by atoms with Gasteiger partial charge in [0.15, 0.2) is 0 Å². The molecule has 266 valence electrons. The number of hydrogen-bond donors (Lipinski definition) is 1. The first-order chi connectivity index (χ1) is 23.3. The third-order valence-electron chi connectivity index (χ3n) is 6.28. The molecule has 0 aliphatic rings. The first-order valence-corrected chi connectivity index (χ1v) is 16.6. The van der Waals surface area contributed by atoms with Crippen LogP contribution >= 0.6 is 0 Å². The molecule has 2 rings (SSSR count). The van der Waals surface area contributed by atoms with Crippen LogP contribution in [0.4, 0.5) is 5.69 Å². The summed E-state index contributed by atoms with van der Waals surface area (Å²) < 4.78 is 54.6. The molecule has 12 heteroatoms. The minimum Gasteiger partial charge on any atom is -0.491 e. The molecule has 0 fully saturated rings. The van der Waals surface area contributed by atoms with Gasteiger partial charge in [-0.2, -0.15) is 0 Å². The molecular formula is C35H55NO11. The molecule has 12 nitrogen and oxygen atoms in total. The lowest BCUT2D eigenvalue weighted by molar-refractivity contribution is -0.0247. The molecule has 0 atom stereocenters. The molecule has 0 bridgehead atoms. The van der Waals surface area contributed by atoms with Gasteiger partial charge in [-0.25, -0.2) is 4.79 Å². The molecule has 1 N–H and O–H groups in total. The molecule has 2 aromatic rings. The van der Waals surface area contributed by atoms with Crippen LogP contribution in [0.15, 0.2) is 54.6 Å². The Morgan fingerprint density at radius 3 is 1.34 bits per heavy atom. The van der Waals surface area contributed by atoms with Crippen molar-refractivity contribution in [3.8, 4) is 5.75 Å². The Balaban J connectivity index is 1.20. The minimum absolute atomic E-state index is 0.192. The monoisotopic (exact) mass is 665 g/mol. The molecule has 0 saturated heterocycles. The average Bonchev–Trinajstić information content (AvgIpc) is 3.10. The van der Waals surface area contributed by atoms with Gasteiger partial charge in [0.2, 0.25) is 0 Å². The van der Waals surface area contributed by atoms with Crippen molar-refractivity contribution in [3.05, 3.63) is 60.2 Å². The van der Waals surface area contributed by atoms with Crippen LogP contribution in [0.5, 0.6) is 5.75 Å². The van der Waals surface area contributed by atoms with Crippen molar-refractivity contribution >= 4 is 11.7 Å². The summed E-state index contributed by atoms with van der Waals surface area (Å²) >= 11 is 0. The summed E-state index contributed by atoms with van der Waals surface area (Å²) in [5.74, 6) is 0.481. The van der Waals surface area contributed by atoms with Crippen molar-refractivity contribution in [3.63, 3.8) is 0 Å². The Labute approximate surface area is 280 Å². The fraction of sp³-hybridized carbons (Fsp3) is 0.629. The van der Waals surface area contributed by atoms with Crippen LogP contribution in [-0.4, -0.2) is 131 Å². The first-order valence-electron chi connectivity index (χ1n) is 16.6. The van der Waals surface area contributed by atoms with Crippen molar-refractivity contribution in [1.29, 1.82) is 0 Å². The van der Waals surface area contributed by atoms with Gasteiger partial charge in [0.1, 0.15) is 19.0 Å². The molecule has 0 aliphatic heterocycles. The van der Waals surface area contributed by atoms with E-state index in [-0.39, 0.29) is 12.6 Å². The maximum atomic E-state index is 12.1. The number of unbranched alkanes of at least 4 members (excludes halogenated alkanes) is 1. The highest BCUT2D eigenvalue weighted by Gasteiger charge is 2.06. The fourth-order valence-electron chi connectivity index (χ4n) is 3.79. The van der Waals surface area contributed by atoms with Gasteiger partial charge >= 0.3 is 5.97 Å². The summed E-state index contributed by atoms with van der Waals surface area (Å²) in [4.78, 5) is 12.1. The molecule has 0 radical (unpaired) electrons. The summed E-state index contributed by atoms with van der Waals surface area (Å²) in [5, 5.41) is 3.32. The third kappa shape index (κ3) is 24.1. The SMILES string of the molecule is CCCCNc1ccc(C(=O)OCCOCCOCCOCCOCCOCCOCCOCCOCCOc2ccccc2)cc1. The Bertz CT molecular complexity index is 966. The Kier molecular flexibility index (Phi) is 26.2. The first kappa shape index (κ1) is 40.4. The molecular weight excluding hydrogens is 610 g/mol. The fourth-order valence-corrected chi connectivity index (χ4v) is 3.79. The van der Waals surface area contributed by atoms with Crippen molar-refractivity contribution in [2.24, 2.45) is 0 Å². The second-order valence-corrected chi connectivity index (χ2v) is 10.1. The lowest BCUT2D eigenvalue weighted by Gasteiger charge is -2.09. The van der Waals surface area contributed by atoms with Crippen molar-refractivity contribution in [2.75, 3.05) is 131 Å². The molecule has 0 aromatic heterocycles. The highest BCUT2D eigenvalue weighted by atomic mass is 16.6. The summed E-state index contributed by atoms with van der Waals surface area (Å²) in [6.45, 7) is 11.4. The zero-order chi connectivity index (χ0) is 33.3. The predicted molar refractivity (Wildman–Crippen MR) is 179 cm³/mol. The molecule has 0 aliphatic carbocycles. The van der Waals surface area contributed by atoms with Gasteiger partial charge < -0.3 is 52.7 Å². The van der Waals surface area contributed by atoms with E-state index in [1.54, 1.807) is 12.1 Å². The number of esters is 1. The van der Waals surface area contributed by atoms with E-state index in [0.717, 1.165) is 30.8 Å². The van der Waals surface area contributed by atoms with Crippen LogP contribution in [0.3, 0.4) is 0 Å². The standard InChI is InChI=1S/C35H55NO11/c1-2-3-13-36-33-11-9-32(10-12-33)35(37)47-31-29-45-27-25-43-23-21-41-19-17-39-15-14-38-16-18-40-20-22-42-24-26-44-28-30-46-34-7-5-4-6-8-34/h4-12,36H,2-3,13-31H2,1H3. The predicted octanol–water partition coefficient (Wildman–Crippen LogP) is 4.27. The summed E-state index contributed by atoms with van der Waals surface area (Å²) in [6.07, 6.45) is 2.25. The normalized spacial score (nSPS) is 11.1. The quantitative estimate of drug-likeness (QED) is 0.0866. The van der Waals surface area contributed by atoms with Gasteiger partial charge in [-0.15, -0.1) is 0 Å². The van der Waals surface area contributed by atoms with E-state index in [4.69, 9.17) is 47.4 Å². The molecule has 0 saturated carbocycles. The number of nitrogens with one attached hydrogen (secondary N) is 1. The van der Waals surface area contributed by atoms with Crippen LogP contribution < -0.4 is 10.1 Å². The number of anilines is 1. The summed E-state index contributed by atoms with van der Waals surface area (Å²) in [7, 11) is 0. The largest absolute Gasteiger partial charge is 0.491 e. The third-order valence-corrected chi connectivity index (χ3v) is 6.28. The smallest absolute Gasteiger partial charge is 0.338 e. The van der Waals surface area contributed by atoms with E-state index in [1.807, 2.05) is 42.5 Å². The van der Waals surface area contributed by atoms with Crippen LogP contribution in [0, 0.1) is 0 Å². The maximum absolute atomic E-state index is 12.1. The summed E-state index contributed by atoms with van der Waals surface area (Å²) in [5.41, 5.74) is 1.52. The van der Waals surface area contributed by atoms with Gasteiger partial charge in [0.05, 0.1) is 111 Å². The van der Waals surface area contributed by atoms with Crippen LogP contribution in [-0.2, 0) is 42.6 Å². The maximum Gasteiger partial charge on any atom is 0.338 e. The van der Waals surface area contributed by atoms with Crippen molar-refractivity contribution < 1.29 is 52.2 Å². The van der Waals surface area contributed by atoms with Crippen LogP contribution in [0.25, 0.3) is 0 Å². The number of carbonyl (C=O) groups excluding carboxylic acids is 1. The number of rotatable bonds is 33. The number of ether oxygens (including phenoxy) is 10. The van der Waals surface area contributed by atoms with Gasteiger partial charge in [-0.1, -0.05) is 31.5 Å².